The molecule has 1 aliphatic carbocycles. The number of allylic oxidation sites excluding steroid dienone is 2. The van der Waals surface area contributed by atoms with E-state index in [1.807, 2.05) is 6.92 Å². The second-order valence-electron chi connectivity index (χ2n) is 4.96. The van der Waals surface area contributed by atoms with Gasteiger partial charge in [-0.2, -0.15) is 0 Å². The number of rotatable bonds is 6. The molecule has 0 aromatic carbocycles. The smallest absolute Gasteiger partial charge is 0.215 e. The second kappa shape index (κ2) is 8.06. The van der Waals surface area contributed by atoms with Crippen molar-refractivity contribution in [1.29, 1.82) is 0 Å². The lowest BCUT2D eigenvalue weighted by atomic mass is 9.98. The van der Waals surface area contributed by atoms with Crippen molar-refractivity contribution in [3.05, 3.63) is 11.3 Å². The summed E-state index contributed by atoms with van der Waals surface area (Å²) in [5, 5.41) is 0. The molecule has 0 radical (unpaired) electrons. The summed E-state index contributed by atoms with van der Waals surface area (Å²) in [7, 11) is 0. The molecule has 0 saturated carbocycles. The summed E-state index contributed by atoms with van der Waals surface area (Å²) in [6, 6.07) is 0. The van der Waals surface area contributed by atoms with Crippen LogP contribution in [-0.2, 0) is 4.79 Å². The highest BCUT2D eigenvalue weighted by atomic mass is 16.1. The summed E-state index contributed by atoms with van der Waals surface area (Å²) in [5.74, 6) is 0.950. The Morgan fingerprint density at radius 3 is 2.61 bits per heavy atom. The molecule has 0 aromatic rings. The molecule has 0 N–H and O–H groups in total. The number of hydrogen-bond acceptors (Lipinski definition) is 2. The van der Waals surface area contributed by atoms with Crippen LogP contribution < -0.4 is 0 Å². The number of nitrogens with zero attached hydrogens (tertiary/aromatic N) is 2. The monoisotopic (exact) mass is 250 g/mol. The van der Waals surface area contributed by atoms with Gasteiger partial charge in [-0.3, -0.25) is 4.79 Å². The van der Waals surface area contributed by atoms with Crippen LogP contribution in [0.25, 0.3) is 0 Å². The maximum atomic E-state index is 11.1. The Kier molecular flexibility index (Phi) is 6.69. The molecule has 0 fully saturated rings. The quantitative estimate of drug-likeness (QED) is 0.400. The topological polar surface area (TPSA) is 32.7 Å². The van der Waals surface area contributed by atoms with Crippen LogP contribution in [0.1, 0.15) is 65.7 Å². The van der Waals surface area contributed by atoms with Crippen molar-refractivity contribution in [2.24, 2.45) is 4.99 Å². The molecule has 0 aromatic heterocycles. The van der Waals surface area contributed by atoms with Crippen LogP contribution in [0.3, 0.4) is 0 Å². The van der Waals surface area contributed by atoms with E-state index < -0.39 is 0 Å². The Hall–Kier alpha value is -1.12. The Morgan fingerprint density at radius 2 is 2.06 bits per heavy atom. The van der Waals surface area contributed by atoms with Gasteiger partial charge in [0.15, 0.2) is 0 Å². The number of amides is 1. The molecule has 0 aliphatic heterocycles. The Labute approximate surface area is 111 Å². The van der Waals surface area contributed by atoms with Gasteiger partial charge in [0.1, 0.15) is 5.84 Å². The maximum Gasteiger partial charge on any atom is 0.215 e. The first kappa shape index (κ1) is 14.9. The summed E-state index contributed by atoms with van der Waals surface area (Å²) >= 11 is 0. The minimum atomic E-state index is 0.707. The van der Waals surface area contributed by atoms with Crippen molar-refractivity contribution in [3.8, 4) is 0 Å². The van der Waals surface area contributed by atoms with Gasteiger partial charge in [-0.25, -0.2) is 4.99 Å². The van der Waals surface area contributed by atoms with E-state index in [9.17, 15) is 4.79 Å². The molecule has 18 heavy (non-hydrogen) atoms. The predicted octanol–water partition coefficient (Wildman–Crippen LogP) is 3.90. The molecule has 0 spiro atoms. The molecule has 0 unspecified atom stereocenters. The summed E-state index contributed by atoms with van der Waals surface area (Å²) in [4.78, 5) is 17.6. The molecule has 1 aliphatic rings. The van der Waals surface area contributed by atoms with Crippen molar-refractivity contribution in [3.63, 3.8) is 0 Å². The molecule has 3 heteroatoms. The highest BCUT2D eigenvalue weighted by molar-refractivity contribution is 5.91. The summed E-state index contributed by atoms with van der Waals surface area (Å²) in [6.07, 6.45) is 8.77. The van der Waals surface area contributed by atoms with E-state index >= 15 is 0 Å². The average molecular weight is 250 g/mol. The van der Waals surface area contributed by atoms with Crippen molar-refractivity contribution in [1.82, 2.24) is 4.90 Å². The molecule has 0 saturated heterocycles. The largest absolute Gasteiger partial charge is 0.303 e. The van der Waals surface area contributed by atoms with Crippen molar-refractivity contribution < 1.29 is 4.79 Å². The third-order valence-electron chi connectivity index (χ3n) is 3.53. The van der Waals surface area contributed by atoms with Gasteiger partial charge in [-0.1, -0.05) is 18.9 Å². The lowest BCUT2D eigenvalue weighted by molar-refractivity contribution is -0.114. The number of carbonyl (C=O) groups is 1. The fraction of sp³-hybridized carbons (Fsp3) is 0.733. The maximum absolute atomic E-state index is 11.1. The molecule has 0 atom stereocenters. The predicted molar refractivity (Wildman–Crippen MR) is 76.6 cm³/mol. The molecule has 0 heterocycles. The lowest BCUT2D eigenvalue weighted by Gasteiger charge is -2.20. The van der Waals surface area contributed by atoms with Crippen LogP contribution in [0.4, 0.5) is 0 Å². The Bertz CT molecular complexity index is 331. The lowest BCUT2D eigenvalue weighted by Crippen LogP contribution is -2.29. The van der Waals surface area contributed by atoms with E-state index in [1.54, 1.807) is 4.90 Å². The van der Waals surface area contributed by atoms with Crippen LogP contribution in [-0.4, -0.2) is 23.7 Å². The number of hydrogen-bond donors (Lipinski definition) is 0. The van der Waals surface area contributed by atoms with Gasteiger partial charge in [0.05, 0.1) is 0 Å². The number of aliphatic imine (C=N–C) groups is 1. The first-order valence-corrected chi connectivity index (χ1v) is 7.21. The fourth-order valence-corrected chi connectivity index (χ4v) is 2.26. The first-order valence-electron chi connectivity index (χ1n) is 7.21. The number of unbranched alkanes of at least 4 members (excludes halogenated alkanes) is 1. The van der Waals surface area contributed by atoms with E-state index in [2.05, 4.69) is 13.8 Å². The number of amidine groups is 1. The third kappa shape index (κ3) is 4.28. The van der Waals surface area contributed by atoms with E-state index in [0.717, 1.165) is 44.3 Å². The summed E-state index contributed by atoms with van der Waals surface area (Å²) < 4.78 is 0. The van der Waals surface area contributed by atoms with E-state index in [0.29, 0.717) is 6.54 Å². The third-order valence-corrected chi connectivity index (χ3v) is 3.53. The highest BCUT2D eigenvalue weighted by Gasteiger charge is 2.12. The molecule has 1 amide bonds. The molecule has 102 valence electrons. The summed E-state index contributed by atoms with van der Waals surface area (Å²) in [6.45, 7) is 7.04. The van der Waals surface area contributed by atoms with E-state index in [1.165, 1.54) is 24.1 Å². The fourth-order valence-electron chi connectivity index (χ4n) is 2.26. The van der Waals surface area contributed by atoms with Gasteiger partial charge in [-0.15, -0.1) is 0 Å². The average Bonchev–Trinajstić information content (AvgIpc) is 2.39. The molecule has 3 nitrogen and oxygen atoms in total. The highest BCUT2D eigenvalue weighted by Crippen LogP contribution is 2.25. The Morgan fingerprint density at radius 1 is 1.33 bits per heavy atom. The van der Waals surface area contributed by atoms with Crippen molar-refractivity contribution in [2.45, 2.75) is 65.7 Å². The Balaban J connectivity index is 2.89. The van der Waals surface area contributed by atoms with Crippen LogP contribution in [0.15, 0.2) is 16.3 Å². The first-order chi connectivity index (χ1) is 8.72. The van der Waals surface area contributed by atoms with Gasteiger partial charge in [-0.05, 0) is 46.0 Å². The molecular weight excluding hydrogens is 224 g/mol. The number of carbonyl (C=O) groups excluding carboxylic acids is 1. The zero-order valence-electron chi connectivity index (χ0n) is 12.0. The summed E-state index contributed by atoms with van der Waals surface area (Å²) in [5.41, 5.74) is 2.62. The SMILES string of the molecule is CCCC/C(=N/C1=C(C)CCCC1)N(C=O)CC. The van der Waals surface area contributed by atoms with Gasteiger partial charge in [0.2, 0.25) is 6.41 Å². The van der Waals surface area contributed by atoms with Crippen LogP contribution >= 0.6 is 0 Å². The standard InChI is InChI=1S/C15H26N2O/c1-4-6-11-15(17(5-2)12-18)16-14-10-8-7-9-13(14)3/h12H,4-11H2,1-3H3/b16-15-. The van der Waals surface area contributed by atoms with Gasteiger partial charge < -0.3 is 4.90 Å². The molecule has 0 bridgehead atoms. The van der Waals surface area contributed by atoms with Gasteiger partial charge in [0, 0.05) is 18.7 Å². The molecular formula is C15H26N2O. The van der Waals surface area contributed by atoms with E-state index in [-0.39, 0.29) is 0 Å². The second-order valence-corrected chi connectivity index (χ2v) is 4.96. The van der Waals surface area contributed by atoms with Crippen LogP contribution in [0, 0.1) is 0 Å². The zero-order valence-corrected chi connectivity index (χ0v) is 12.0. The van der Waals surface area contributed by atoms with E-state index in [4.69, 9.17) is 4.99 Å². The van der Waals surface area contributed by atoms with Crippen LogP contribution in [0.2, 0.25) is 0 Å². The normalized spacial score (nSPS) is 16.9. The minimum absolute atomic E-state index is 0.707. The van der Waals surface area contributed by atoms with Gasteiger partial charge >= 0.3 is 0 Å². The zero-order chi connectivity index (χ0) is 13.4. The van der Waals surface area contributed by atoms with Crippen LogP contribution in [0.5, 0.6) is 0 Å². The molecule has 1 rings (SSSR count). The van der Waals surface area contributed by atoms with Crippen molar-refractivity contribution in [2.75, 3.05) is 6.54 Å². The van der Waals surface area contributed by atoms with Crippen molar-refractivity contribution >= 4 is 12.2 Å². The van der Waals surface area contributed by atoms with Gasteiger partial charge in [0.25, 0.3) is 0 Å². The minimum Gasteiger partial charge on any atom is -0.303 e.